The molecule has 4 rings (SSSR count). The number of benzene rings is 2. The molecule has 1 unspecified atom stereocenters. The first-order chi connectivity index (χ1) is 13.8. The number of nitrogens with zero attached hydrogens (tertiary/aromatic N) is 2. The van der Waals surface area contributed by atoms with Crippen LogP contribution in [-0.2, 0) is 25.0 Å². The zero-order chi connectivity index (χ0) is 20.8. The number of carbonyl (C=O) groups excluding carboxylic acids is 1. The van der Waals surface area contributed by atoms with Gasteiger partial charge in [-0.3, -0.25) is 9.59 Å². The van der Waals surface area contributed by atoms with Crippen LogP contribution in [0.3, 0.4) is 0 Å². The van der Waals surface area contributed by atoms with Crippen LogP contribution in [0.4, 0.5) is 5.69 Å². The van der Waals surface area contributed by atoms with E-state index in [9.17, 15) is 23.1 Å². The molecular formula is C20H19ClN2O5S. The van der Waals surface area contributed by atoms with Gasteiger partial charge in [-0.1, -0.05) is 29.8 Å². The minimum atomic E-state index is -3.82. The third-order valence-corrected chi connectivity index (χ3v) is 7.68. The van der Waals surface area contributed by atoms with Crippen molar-refractivity contribution in [1.29, 1.82) is 0 Å². The minimum absolute atomic E-state index is 0.0239. The van der Waals surface area contributed by atoms with Crippen molar-refractivity contribution in [3.05, 3.63) is 59.1 Å². The number of para-hydroxylation sites is 1. The maximum atomic E-state index is 13.4. The molecule has 152 valence electrons. The van der Waals surface area contributed by atoms with Gasteiger partial charge in [0.05, 0.1) is 10.3 Å². The lowest BCUT2D eigenvalue weighted by atomic mass is 9.75. The van der Waals surface area contributed by atoms with Crippen molar-refractivity contribution in [2.75, 3.05) is 24.5 Å². The van der Waals surface area contributed by atoms with Crippen molar-refractivity contribution in [3.63, 3.8) is 0 Å². The summed E-state index contributed by atoms with van der Waals surface area (Å²) >= 11 is 5.87. The Kier molecular flexibility index (Phi) is 4.88. The zero-order valence-corrected chi connectivity index (χ0v) is 17.0. The SMILES string of the molecule is O=C(O)CN1C(=O)C2(CCCN(S(=O)(=O)c3ccc(Cl)cc3)C2)c2ccccc21. The Morgan fingerprint density at radius 1 is 1.14 bits per heavy atom. The fourth-order valence-electron chi connectivity index (χ4n) is 4.26. The lowest BCUT2D eigenvalue weighted by molar-refractivity contribution is -0.137. The summed E-state index contributed by atoms with van der Waals surface area (Å²) in [7, 11) is -3.82. The molecule has 2 aliphatic heterocycles. The predicted octanol–water partition coefficient (Wildman–Crippen LogP) is 2.49. The number of hydrogen-bond donors (Lipinski definition) is 1. The van der Waals surface area contributed by atoms with Gasteiger partial charge in [-0.15, -0.1) is 0 Å². The molecule has 29 heavy (non-hydrogen) atoms. The van der Waals surface area contributed by atoms with Gasteiger partial charge in [0.25, 0.3) is 0 Å². The number of carbonyl (C=O) groups is 2. The molecule has 1 atom stereocenters. The van der Waals surface area contributed by atoms with Gasteiger partial charge in [0.15, 0.2) is 0 Å². The highest BCUT2D eigenvalue weighted by molar-refractivity contribution is 7.89. The molecule has 2 aromatic carbocycles. The number of rotatable bonds is 4. The number of amides is 1. The van der Waals surface area contributed by atoms with Crippen LogP contribution >= 0.6 is 11.6 Å². The Balaban J connectivity index is 1.74. The van der Waals surface area contributed by atoms with Gasteiger partial charge < -0.3 is 10.0 Å². The van der Waals surface area contributed by atoms with E-state index in [0.717, 1.165) is 0 Å². The fraction of sp³-hybridized carbons (Fsp3) is 0.300. The smallest absolute Gasteiger partial charge is 0.323 e. The number of piperidine rings is 1. The molecule has 2 heterocycles. The molecule has 0 aliphatic carbocycles. The Bertz CT molecular complexity index is 1090. The summed E-state index contributed by atoms with van der Waals surface area (Å²) in [6.45, 7) is -0.188. The highest BCUT2D eigenvalue weighted by Crippen LogP contribution is 2.47. The summed E-state index contributed by atoms with van der Waals surface area (Å²) in [4.78, 5) is 26.0. The van der Waals surface area contributed by atoms with Crippen molar-refractivity contribution in [1.82, 2.24) is 4.31 Å². The monoisotopic (exact) mass is 434 g/mol. The van der Waals surface area contributed by atoms with E-state index in [4.69, 9.17) is 11.6 Å². The van der Waals surface area contributed by atoms with Crippen LogP contribution in [0.5, 0.6) is 0 Å². The van der Waals surface area contributed by atoms with Gasteiger partial charge in [-0.2, -0.15) is 4.31 Å². The molecule has 2 aliphatic rings. The van der Waals surface area contributed by atoms with E-state index >= 15 is 0 Å². The molecule has 0 saturated carbocycles. The quantitative estimate of drug-likeness (QED) is 0.797. The van der Waals surface area contributed by atoms with Crippen LogP contribution in [0.25, 0.3) is 0 Å². The minimum Gasteiger partial charge on any atom is -0.480 e. The van der Waals surface area contributed by atoms with E-state index in [-0.39, 0.29) is 17.3 Å². The number of carboxylic acid groups (broad SMARTS) is 1. The summed E-state index contributed by atoms with van der Waals surface area (Å²) in [5, 5.41) is 9.68. The highest BCUT2D eigenvalue weighted by Gasteiger charge is 2.54. The highest BCUT2D eigenvalue weighted by atomic mass is 35.5. The lowest BCUT2D eigenvalue weighted by Gasteiger charge is -2.38. The van der Waals surface area contributed by atoms with Crippen LogP contribution in [0.1, 0.15) is 18.4 Å². The van der Waals surface area contributed by atoms with Crippen LogP contribution in [0, 0.1) is 0 Å². The molecule has 1 saturated heterocycles. The van der Waals surface area contributed by atoms with E-state index in [0.29, 0.717) is 35.7 Å². The molecule has 1 N–H and O–H groups in total. The fourth-order valence-corrected chi connectivity index (χ4v) is 5.92. The van der Waals surface area contributed by atoms with Gasteiger partial charge in [-0.25, -0.2) is 8.42 Å². The zero-order valence-electron chi connectivity index (χ0n) is 15.4. The number of carboxylic acids is 1. The van der Waals surface area contributed by atoms with Crippen LogP contribution in [0.2, 0.25) is 5.02 Å². The summed E-state index contributed by atoms with van der Waals surface area (Å²) in [6, 6.07) is 12.9. The van der Waals surface area contributed by atoms with Crippen molar-refractivity contribution >= 4 is 39.2 Å². The average Bonchev–Trinajstić information content (AvgIpc) is 2.91. The molecule has 0 aromatic heterocycles. The third-order valence-electron chi connectivity index (χ3n) is 5.57. The van der Waals surface area contributed by atoms with Crippen LogP contribution < -0.4 is 4.90 Å². The topological polar surface area (TPSA) is 95.0 Å². The number of halogens is 1. The first-order valence-corrected chi connectivity index (χ1v) is 11.0. The summed E-state index contributed by atoms with van der Waals surface area (Å²) in [5.41, 5.74) is 0.136. The van der Waals surface area contributed by atoms with Crippen molar-refractivity contribution in [3.8, 4) is 0 Å². The van der Waals surface area contributed by atoms with Gasteiger partial charge in [0.2, 0.25) is 15.9 Å². The number of sulfonamides is 1. The largest absolute Gasteiger partial charge is 0.480 e. The molecule has 0 bridgehead atoms. The van der Waals surface area contributed by atoms with Gasteiger partial charge >= 0.3 is 5.97 Å². The third kappa shape index (κ3) is 3.21. The van der Waals surface area contributed by atoms with E-state index in [1.165, 1.54) is 33.5 Å². The second kappa shape index (κ2) is 7.12. The first-order valence-electron chi connectivity index (χ1n) is 9.15. The predicted molar refractivity (Wildman–Crippen MR) is 108 cm³/mol. The molecule has 2 aromatic rings. The lowest BCUT2D eigenvalue weighted by Crippen LogP contribution is -2.53. The van der Waals surface area contributed by atoms with Crippen molar-refractivity contribution in [2.45, 2.75) is 23.2 Å². The Labute approximate surface area is 173 Å². The van der Waals surface area contributed by atoms with Crippen LogP contribution in [-0.4, -0.2) is 49.3 Å². The Hall–Kier alpha value is -2.42. The first kappa shape index (κ1) is 19.9. The summed E-state index contributed by atoms with van der Waals surface area (Å²) < 4.78 is 27.7. The molecule has 9 heteroatoms. The number of anilines is 1. The summed E-state index contributed by atoms with van der Waals surface area (Å²) in [5.74, 6) is -1.48. The van der Waals surface area contributed by atoms with Gasteiger partial charge in [-0.05, 0) is 48.7 Å². The van der Waals surface area contributed by atoms with E-state index < -0.39 is 28.0 Å². The maximum Gasteiger partial charge on any atom is 0.323 e. The van der Waals surface area contributed by atoms with E-state index in [1.54, 1.807) is 24.3 Å². The Morgan fingerprint density at radius 3 is 2.52 bits per heavy atom. The number of fused-ring (bicyclic) bond motifs is 2. The molecule has 1 spiro atoms. The van der Waals surface area contributed by atoms with E-state index in [2.05, 4.69) is 0 Å². The van der Waals surface area contributed by atoms with Crippen molar-refractivity contribution < 1.29 is 23.1 Å². The molecule has 0 radical (unpaired) electrons. The van der Waals surface area contributed by atoms with Crippen LogP contribution in [0.15, 0.2) is 53.4 Å². The number of hydrogen-bond acceptors (Lipinski definition) is 4. The maximum absolute atomic E-state index is 13.4. The second-order valence-corrected chi connectivity index (χ2v) is 9.65. The van der Waals surface area contributed by atoms with Crippen molar-refractivity contribution in [2.24, 2.45) is 0 Å². The number of aliphatic carboxylic acids is 1. The molecule has 1 amide bonds. The molecule has 7 nitrogen and oxygen atoms in total. The Morgan fingerprint density at radius 2 is 1.83 bits per heavy atom. The standard InChI is InChI=1S/C20H19ClN2O5S/c21-14-6-8-15(9-7-14)29(27,28)22-11-3-10-20(13-22)16-4-1-2-5-17(16)23(19(20)26)12-18(24)25/h1-2,4-9H,3,10-13H2,(H,24,25). The van der Waals surface area contributed by atoms with Gasteiger partial charge in [0, 0.05) is 23.8 Å². The second-order valence-electron chi connectivity index (χ2n) is 7.28. The average molecular weight is 435 g/mol. The normalized spacial score (nSPS) is 22.1. The molecule has 1 fully saturated rings. The molecular weight excluding hydrogens is 416 g/mol. The summed E-state index contributed by atoms with van der Waals surface area (Å²) in [6.07, 6.45) is 0.958. The van der Waals surface area contributed by atoms with E-state index in [1.807, 2.05) is 0 Å². The van der Waals surface area contributed by atoms with Gasteiger partial charge in [0.1, 0.15) is 6.54 Å².